The highest BCUT2D eigenvalue weighted by molar-refractivity contribution is 8.00. The van der Waals surface area contributed by atoms with Crippen molar-refractivity contribution >= 4 is 45.0 Å². The number of amides is 1. The number of benzene rings is 2. The Hall–Kier alpha value is -2.64. The predicted molar refractivity (Wildman–Crippen MR) is 116 cm³/mol. The number of thioether (sulfide) groups is 1. The van der Waals surface area contributed by atoms with Crippen LogP contribution in [0.25, 0.3) is 15.3 Å². The Kier molecular flexibility index (Phi) is 4.21. The summed E-state index contributed by atoms with van der Waals surface area (Å²) in [5.74, 6) is 1.13. The van der Waals surface area contributed by atoms with Crippen molar-refractivity contribution in [3.63, 3.8) is 0 Å². The van der Waals surface area contributed by atoms with Crippen molar-refractivity contribution < 1.29 is 4.79 Å². The smallest absolute Gasteiger partial charge is 0.235 e. The van der Waals surface area contributed by atoms with Gasteiger partial charge in [0.1, 0.15) is 5.82 Å². The van der Waals surface area contributed by atoms with Crippen molar-refractivity contribution in [3.05, 3.63) is 70.9 Å². The second-order valence-electron chi connectivity index (χ2n) is 6.88. The molecule has 1 atom stereocenters. The molecule has 0 saturated heterocycles. The van der Waals surface area contributed by atoms with Gasteiger partial charge in [-0.25, -0.2) is 4.98 Å². The number of aromatic nitrogens is 3. The van der Waals surface area contributed by atoms with Gasteiger partial charge in [0, 0.05) is 5.56 Å². The monoisotopic (exact) mass is 406 g/mol. The molecule has 1 amide bonds. The summed E-state index contributed by atoms with van der Waals surface area (Å²) in [5.41, 5.74) is 5.30. The van der Waals surface area contributed by atoms with E-state index in [0.29, 0.717) is 5.75 Å². The molecule has 7 heteroatoms. The minimum absolute atomic E-state index is 0.0105. The lowest BCUT2D eigenvalue weighted by atomic mass is 10.0. The molecule has 0 spiro atoms. The standard InChI is InChI=1S/C21H18N4OS2/c1-12-6-5-7-14(10-12)19-18-13(2)24-25(20(18)23-17(26)11-27-19)21-22-15-8-3-4-9-16(15)28-21/h3-10,19H,11H2,1-2H3,(H,23,26)/t19-/m0/s1. The van der Waals surface area contributed by atoms with Gasteiger partial charge in [-0.2, -0.15) is 9.78 Å². The molecule has 4 aromatic rings. The molecule has 0 saturated carbocycles. The summed E-state index contributed by atoms with van der Waals surface area (Å²) in [5, 5.41) is 8.66. The SMILES string of the molecule is Cc1cccc([C@@H]2SCC(=O)Nc3c2c(C)nn3-c2nc3ccccc3s2)c1. The van der Waals surface area contributed by atoms with Crippen LogP contribution in [0.15, 0.2) is 48.5 Å². The van der Waals surface area contributed by atoms with E-state index in [1.165, 1.54) is 11.1 Å². The van der Waals surface area contributed by atoms with Crippen molar-refractivity contribution in [1.29, 1.82) is 0 Å². The molecule has 5 rings (SSSR count). The summed E-state index contributed by atoms with van der Waals surface area (Å²) in [6.45, 7) is 4.09. The fraction of sp³-hybridized carbons (Fsp3) is 0.190. The van der Waals surface area contributed by atoms with Crippen molar-refractivity contribution in [1.82, 2.24) is 14.8 Å². The molecule has 0 radical (unpaired) electrons. The number of hydrogen-bond acceptors (Lipinski definition) is 5. The van der Waals surface area contributed by atoms with Crippen molar-refractivity contribution in [3.8, 4) is 5.13 Å². The molecule has 1 aliphatic heterocycles. The van der Waals surface area contributed by atoms with E-state index in [9.17, 15) is 4.79 Å². The fourth-order valence-electron chi connectivity index (χ4n) is 3.57. The number of para-hydroxylation sites is 1. The average molecular weight is 407 g/mol. The number of thiazole rings is 1. The van der Waals surface area contributed by atoms with E-state index in [2.05, 4.69) is 42.6 Å². The van der Waals surface area contributed by atoms with Crippen LogP contribution in [0.5, 0.6) is 0 Å². The molecule has 3 heterocycles. The number of aryl methyl sites for hydroxylation is 2. The van der Waals surface area contributed by atoms with Crippen molar-refractivity contribution in [2.24, 2.45) is 0 Å². The van der Waals surface area contributed by atoms with Gasteiger partial charge in [-0.05, 0) is 31.5 Å². The Morgan fingerprint density at radius 2 is 2.00 bits per heavy atom. The zero-order chi connectivity index (χ0) is 19.3. The molecule has 1 aliphatic rings. The third-order valence-corrected chi connectivity index (χ3v) is 7.10. The molecule has 0 fully saturated rings. The Labute approximate surface area is 170 Å². The van der Waals surface area contributed by atoms with Crippen molar-refractivity contribution in [2.75, 3.05) is 11.1 Å². The van der Waals surface area contributed by atoms with Crippen LogP contribution in [-0.4, -0.2) is 26.4 Å². The quantitative estimate of drug-likeness (QED) is 0.516. The zero-order valence-corrected chi connectivity index (χ0v) is 17.1. The van der Waals surface area contributed by atoms with E-state index < -0.39 is 0 Å². The first-order valence-corrected chi connectivity index (χ1v) is 10.9. The molecule has 5 nitrogen and oxygen atoms in total. The zero-order valence-electron chi connectivity index (χ0n) is 15.5. The topological polar surface area (TPSA) is 59.8 Å². The normalized spacial score (nSPS) is 16.6. The van der Waals surface area contributed by atoms with Gasteiger partial charge in [-0.15, -0.1) is 11.8 Å². The summed E-state index contributed by atoms with van der Waals surface area (Å²) in [6, 6.07) is 16.5. The minimum Gasteiger partial charge on any atom is -0.310 e. The summed E-state index contributed by atoms with van der Waals surface area (Å²) in [6.07, 6.45) is 0. The largest absolute Gasteiger partial charge is 0.310 e. The number of hydrogen-bond donors (Lipinski definition) is 1. The number of carbonyl (C=O) groups is 1. The van der Waals surface area contributed by atoms with Crippen LogP contribution in [-0.2, 0) is 4.79 Å². The van der Waals surface area contributed by atoms with E-state index >= 15 is 0 Å². The van der Waals surface area contributed by atoms with E-state index in [4.69, 9.17) is 10.1 Å². The lowest BCUT2D eigenvalue weighted by Crippen LogP contribution is -2.15. The lowest BCUT2D eigenvalue weighted by Gasteiger charge is -2.15. The van der Waals surface area contributed by atoms with Crippen LogP contribution in [0.2, 0.25) is 0 Å². The van der Waals surface area contributed by atoms with Gasteiger partial charge in [-0.3, -0.25) is 4.79 Å². The third-order valence-electron chi connectivity index (χ3n) is 4.82. The first-order chi connectivity index (χ1) is 13.6. The summed E-state index contributed by atoms with van der Waals surface area (Å²) < 4.78 is 2.89. The number of nitrogens with zero attached hydrogens (tertiary/aromatic N) is 3. The molecular formula is C21H18N4OS2. The molecule has 2 aromatic heterocycles. The lowest BCUT2D eigenvalue weighted by molar-refractivity contribution is -0.113. The number of anilines is 1. The third kappa shape index (κ3) is 2.91. The van der Waals surface area contributed by atoms with E-state index in [1.807, 2.05) is 25.1 Å². The minimum atomic E-state index is -0.0105. The van der Waals surface area contributed by atoms with Crippen LogP contribution < -0.4 is 5.32 Å². The molecule has 2 aromatic carbocycles. The van der Waals surface area contributed by atoms with Crippen LogP contribution in [0, 0.1) is 13.8 Å². The maximum absolute atomic E-state index is 12.5. The Balaban J connectivity index is 1.70. The predicted octanol–water partition coefficient (Wildman–Crippen LogP) is 4.87. The van der Waals surface area contributed by atoms with Gasteiger partial charge in [0.15, 0.2) is 0 Å². The van der Waals surface area contributed by atoms with Gasteiger partial charge in [0.2, 0.25) is 11.0 Å². The van der Waals surface area contributed by atoms with Crippen LogP contribution >= 0.6 is 23.1 Å². The van der Waals surface area contributed by atoms with Gasteiger partial charge in [0.05, 0.1) is 26.9 Å². The van der Waals surface area contributed by atoms with E-state index in [0.717, 1.165) is 32.4 Å². The maximum Gasteiger partial charge on any atom is 0.235 e. The number of carbonyl (C=O) groups excluding carboxylic acids is 1. The first kappa shape index (κ1) is 17.5. The van der Waals surface area contributed by atoms with E-state index in [1.54, 1.807) is 27.8 Å². The van der Waals surface area contributed by atoms with Gasteiger partial charge in [0.25, 0.3) is 0 Å². The summed E-state index contributed by atoms with van der Waals surface area (Å²) >= 11 is 3.22. The molecule has 0 bridgehead atoms. The average Bonchev–Trinajstić information content (AvgIpc) is 3.18. The Morgan fingerprint density at radius 1 is 1.14 bits per heavy atom. The fourth-order valence-corrected chi connectivity index (χ4v) is 5.67. The summed E-state index contributed by atoms with van der Waals surface area (Å²) in [7, 11) is 0. The molecular weight excluding hydrogens is 388 g/mol. The number of nitrogens with one attached hydrogen (secondary N) is 1. The van der Waals surface area contributed by atoms with Crippen LogP contribution in [0.3, 0.4) is 0 Å². The van der Waals surface area contributed by atoms with Gasteiger partial charge < -0.3 is 5.32 Å². The number of fused-ring (bicyclic) bond motifs is 2. The van der Waals surface area contributed by atoms with Crippen LogP contribution in [0.4, 0.5) is 5.82 Å². The van der Waals surface area contributed by atoms with Gasteiger partial charge in [-0.1, -0.05) is 53.3 Å². The summed E-state index contributed by atoms with van der Waals surface area (Å²) in [4.78, 5) is 17.2. The molecule has 0 unspecified atom stereocenters. The molecule has 28 heavy (non-hydrogen) atoms. The Morgan fingerprint density at radius 3 is 2.82 bits per heavy atom. The highest BCUT2D eigenvalue weighted by atomic mass is 32.2. The molecule has 140 valence electrons. The van der Waals surface area contributed by atoms with E-state index in [-0.39, 0.29) is 11.2 Å². The highest BCUT2D eigenvalue weighted by Gasteiger charge is 2.31. The maximum atomic E-state index is 12.5. The second kappa shape index (κ2) is 6.76. The Bertz CT molecular complexity index is 1180. The first-order valence-electron chi connectivity index (χ1n) is 9.03. The van der Waals surface area contributed by atoms with Crippen LogP contribution in [0.1, 0.15) is 27.6 Å². The highest BCUT2D eigenvalue weighted by Crippen LogP contribution is 2.44. The number of rotatable bonds is 2. The van der Waals surface area contributed by atoms with Gasteiger partial charge >= 0.3 is 0 Å². The molecule has 0 aliphatic carbocycles. The molecule has 1 N–H and O–H groups in total. The van der Waals surface area contributed by atoms with Crippen molar-refractivity contribution in [2.45, 2.75) is 19.1 Å². The second-order valence-corrected chi connectivity index (χ2v) is 8.98.